The molecule has 3 nitrogen and oxygen atoms in total. The maximum absolute atomic E-state index is 10.5. The van der Waals surface area contributed by atoms with Crippen LogP contribution in [0.5, 0.6) is 0 Å². The van der Waals surface area contributed by atoms with E-state index in [1.165, 1.54) is 7.11 Å². The smallest absolute Gasteiger partial charge is 0.334 e. The monoisotopic (exact) mass is 258 g/mol. The zero-order valence-electron chi connectivity index (χ0n) is 5.84. The van der Waals surface area contributed by atoms with Gasteiger partial charge >= 0.3 is 5.97 Å². The topological polar surface area (TPSA) is 46.5 Å². The minimum atomic E-state index is -0.931. The van der Waals surface area contributed by atoms with Gasteiger partial charge in [0.2, 0.25) is 0 Å². The van der Waals surface area contributed by atoms with Crippen LogP contribution in [0.3, 0.4) is 0 Å². The van der Waals surface area contributed by atoms with Crippen LogP contribution < -0.4 is 0 Å². The molecule has 0 amide bonds. The molecule has 0 aromatic heterocycles. The fourth-order valence-electron chi connectivity index (χ4n) is 0.524. The summed E-state index contributed by atoms with van der Waals surface area (Å²) in [7, 11) is 1.27. The lowest BCUT2D eigenvalue weighted by Crippen LogP contribution is -2.21. The first kappa shape index (κ1) is 10.2. The molecule has 0 aliphatic rings. The summed E-state index contributed by atoms with van der Waals surface area (Å²) in [5.41, 5.74) is 0. The van der Waals surface area contributed by atoms with Gasteiger partial charge in [-0.25, -0.2) is 4.79 Å². The number of halogens is 1. The molecule has 0 spiro atoms. The highest BCUT2D eigenvalue weighted by Gasteiger charge is 2.13. The van der Waals surface area contributed by atoms with E-state index in [0.29, 0.717) is 6.42 Å². The first-order chi connectivity index (χ1) is 4.72. The third kappa shape index (κ3) is 4.05. The van der Waals surface area contributed by atoms with Gasteiger partial charge in [0.1, 0.15) is 0 Å². The summed E-state index contributed by atoms with van der Waals surface area (Å²) >= 11 is 2.19. The number of carbonyl (C=O) groups excluding carboxylic acids is 1. The number of carbonyl (C=O) groups is 1. The van der Waals surface area contributed by atoms with Crippen LogP contribution in [0.25, 0.3) is 0 Å². The molecule has 0 aromatic carbocycles. The van der Waals surface area contributed by atoms with Crippen molar-refractivity contribution in [3.05, 3.63) is 0 Å². The highest BCUT2D eigenvalue weighted by Crippen LogP contribution is 2.00. The number of alkyl halides is 1. The average Bonchev–Trinajstić information content (AvgIpc) is 1.98. The number of esters is 1. The van der Waals surface area contributed by atoms with Crippen LogP contribution in [-0.4, -0.2) is 28.7 Å². The molecule has 0 heterocycles. The zero-order valence-corrected chi connectivity index (χ0v) is 8.00. The molecule has 0 aliphatic heterocycles. The van der Waals surface area contributed by atoms with Crippen molar-refractivity contribution >= 4 is 28.6 Å². The van der Waals surface area contributed by atoms with Crippen molar-refractivity contribution in [2.45, 2.75) is 18.9 Å². The molecule has 0 unspecified atom stereocenters. The van der Waals surface area contributed by atoms with E-state index in [9.17, 15) is 4.79 Å². The summed E-state index contributed by atoms with van der Waals surface area (Å²) in [6.45, 7) is 0. The van der Waals surface area contributed by atoms with Crippen LogP contribution in [0, 0.1) is 0 Å². The van der Waals surface area contributed by atoms with Crippen LogP contribution in [0.2, 0.25) is 0 Å². The van der Waals surface area contributed by atoms with Gasteiger partial charge < -0.3 is 9.84 Å². The maximum atomic E-state index is 10.5. The number of hydrogen-bond donors (Lipinski definition) is 1. The first-order valence-electron chi connectivity index (χ1n) is 3.04. The Morgan fingerprint density at radius 1 is 1.80 bits per heavy atom. The predicted molar refractivity (Wildman–Crippen MR) is 46.1 cm³/mol. The molecule has 0 radical (unpaired) electrons. The van der Waals surface area contributed by atoms with Gasteiger partial charge in [0, 0.05) is 0 Å². The average molecular weight is 258 g/mol. The number of hydrogen-bond acceptors (Lipinski definition) is 3. The Hall–Kier alpha value is 0.160. The van der Waals surface area contributed by atoms with E-state index in [2.05, 4.69) is 27.3 Å². The van der Waals surface area contributed by atoms with E-state index in [1.54, 1.807) is 0 Å². The fraction of sp³-hybridized carbons (Fsp3) is 0.833. The maximum Gasteiger partial charge on any atom is 0.334 e. The van der Waals surface area contributed by atoms with Crippen LogP contribution in [-0.2, 0) is 9.53 Å². The minimum Gasteiger partial charge on any atom is -0.467 e. The Kier molecular flexibility index (Phi) is 6.00. The molecule has 0 aromatic rings. The highest BCUT2D eigenvalue weighted by molar-refractivity contribution is 14.1. The SMILES string of the molecule is COC(=O)[C@@H](O)CCCI. The van der Waals surface area contributed by atoms with Crippen molar-refractivity contribution in [2.24, 2.45) is 0 Å². The molecule has 4 heteroatoms. The molecule has 0 bridgehead atoms. The molecule has 0 aliphatic carbocycles. The van der Waals surface area contributed by atoms with Gasteiger partial charge in [-0.1, -0.05) is 22.6 Å². The summed E-state index contributed by atoms with van der Waals surface area (Å²) < 4.78 is 5.27. The quantitative estimate of drug-likeness (QED) is 0.459. The summed E-state index contributed by atoms with van der Waals surface area (Å²) in [4.78, 5) is 10.5. The molecular formula is C6H11IO3. The predicted octanol–water partition coefficient (Wildman–Crippen LogP) is 0.736. The fourth-order valence-corrected chi connectivity index (χ4v) is 0.965. The molecule has 60 valence electrons. The van der Waals surface area contributed by atoms with E-state index in [4.69, 9.17) is 5.11 Å². The number of ether oxygens (including phenoxy) is 1. The summed E-state index contributed by atoms with van der Waals surface area (Å²) in [5, 5.41) is 8.97. The van der Waals surface area contributed by atoms with Crippen LogP contribution >= 0.6 is 22.6 Å². The van der Waals surface area contributed by atoms with Crippen molar-refractivity contribution in [3.8, 4) is 0 Å². The van der Waals surface area contributed by atoms with Crippen molar-refractivity contribution in [1.29, 1.82) is 0 Å². The second kappa shape index (κ2) is 5.91. The Balaban J connectivity index is 3.41. The molecule has 0 saturated heterocycles. The van der Waals surface area contributed by atoms with Crippen LogP contribution in [0.15, 0.2) is 0 Å². The molecule has 0 rings (SSSR count). The van der Waals surface area contributed by atoms with Gasteiger partial charge in [-0.3, -0.25) is 0 Å². The summed E-state index contributed by atoms with van der Waals surface area (Å²) in [6.07, 6.45) is 0.409. The molecule has 1 atom stereocenters. The number of methoxy groups -OCH3 is 1. The highest BCUT2D eigenvalue weighted by atomic mass is 127. The lowest BCUT2D eigenvalue weighted by molar-refractivity contribution is -0.150. The van der Waals surface area contributed by atoms with Crippen LogP contribution in [0.4, 0.5) is 0 Å². The van der Waals surface area contributed by atoms with Gasteiger partial charge in [0.25, 0.3) is 0 Å². The van der Waals surface area contributed by atoms with Gasteiger partial charge in [-0.05, 0) is 17.3 Å². The van der Waals surface area contributed by atoms with Crippen molar-refractivity contribution in [3.63, 3.8) is 0 Å². The van der Waals surface area contributed by atoms with Gasteiger partial charge in [-0.2, -0.15) is 0 Å². The lowest BCUT2D eigenvalue weighted by Gasteiger charge is -2.05. The minimum absolute atomic E-state index is 0.496. The molecular weight excluding hydrogens is 247 g/mol. The Morgan fingerprint density at radius 3 is 2.80 bits per heavy atom. The third-order valence-corrected chi connectivity index (χ3v) is 1.85. The normalized spacial score (nSPS) is 12.7. The lowest BCUT2D eigenvalue weighted by atomic mass is 10.2. The summed E-state index contributed by atoms with van der Waals surface area (Å²) in [6, 6.07) is 0. The second-order valence-electron chi connectivity index (χ2n) is 1.87. The first-order valence-corrected chi connectivity index (χ1v) is 4.56. The molecule has 10 heavy (non-hydrogen) atoms. The van der Waals surface area contributed by atoms with Crippen molar-refractivity contribution in [2.75, 3.05) is 11.5 Å². The van der Waals surface area contributed by atoms with Gasteiger partial charge in [0.15, 0.2) is 6.10 Å². The van der Waals surface area contributed by atoms with Gasteiger partial charge in [-0.15, -0.1) is 0 Å². The largest absolute Gasteiger partial charge is 0.467 e. The Morgan fingerprint density at radius 2 is 2.40 bits per heavy atom. The summed E-state index contributed by atoms with van der Waals surface area (Å²) in [5.74, 6) is -0.537. The van der Waals surface area contributed by atoms with E-state index in [1.807, 2.05) is 0 Å². The zero-order chi connectivity index (χ0) is 7.98. The standard InChI is InChI=1S/C6H11IO3/c1-10-6(9)5(8)3-2-4-7/h5,8H,2-4H2,1H3/t5-/m0/s1. The number of aliphatic hydroxyl groups is 1. The van der Waals surface area contributed by atoms with Gasteiger partial charge in [0.05, 0.1) is 7.11 Å². The van der Waals surface area contributed by atoms with Crippen molar-refractivity contribution < 1.29 is 14.6 Å². The third-order valence-electron chi connectivity index (χ3n) is 1.08. The Bertz CT molecular complexity index is 105. The van der Waals surface area contributed by atoms with Crippen molar-refractivity contribution in [1.82, 2.24) is 0 Å². The number of aliphatic hydroxyl groups excluding tert-OH is 1. The number of rotatable bonds is 4. The molecule has 0 saturated carbocycles. The Labute approximate surface area is 73.9 Å². The molecule has 0 fully saturated rings. The van der Waals surface area contributed by atoms with E-state index < -0.39 is 12.1 Å². The van der Waals surface area contributed by atoms with Crippen LogP contribution in [0.1, 0.15) is 12.8 Å². The van der Waals surface area contributed by atoms with E-state index in [0.717, 1.165) is 10.8 Å². The second-order valence-corrected chi connectivity index (χ2v) is 2.95. The molecule has 1 N–H and O–H groups in total. The van der Waals surface area contributed by atoms with E-state index >= 15 is 0 Å². The van der Waals surface area contributed by atoms with E-state index in [-0.39, 0.29) is 0 Å².